The van der Waals surface area contributed by atoms with E-state index in [2.05, 4.69) is 54.6 Å². The van der Waals surface area contributed by atoms with E-state index in [0.29, 0.717) is 12.6 Å². The van der Waals surface area contributed by atoms with Crippen LogP contribution in [0.3, 0.4) is 0 Å². The summed E-state index contributed by atoms with van der Waals surface area (Å²) in [6.45, 7) is 2.71. The number of thiazole rings is 1. The number of fused-ring (bicyclic) bond motifs is 1. The van der Waals surface area contributed by atoms with Crippen molar-refractivity contribution >= 4 is 38.3 Å². The molecule has 184 valence electrons. The fraction of sp³-hybridized carbons (Fsp3) is 0.308. The molecule has 4 aromatic heterocycles. The topological polar surface area (TPSA) is 117 Å². The lowest BCUT2D eigenvalue weighted by Gasteiger charge is -2.27. The zero-order valence-electron chi connectivity index (χ0n) is 20.0. The number of aromatic nitrogens is 6. The van der Waals surface area contributed by atoms with E-state index in [9.17, 15) is 5.11 Å². The second kappa shape index (κ2) is 9.71. The number of aliphatic hydroxyl groups is 1. The van der Waals surface area contributed by atoms with E-state index in [1.165, 1.54) is 0 Å². The molecule has 0 atom stereocenters. The van der Waals surface area contributed by atoms with Crippen LogP contribution in [0.1, 0.15) is 37.1 Å². The highest BCUT2D eigenvalue weighted by Crippen LogP contribution is 2.32. The Morgan fingerprint density at radius 3 is 2.72 bits per heavy atom. The molecule has 36 heavy (non-hydrogen) atoms. The first kappa shape index (κ1) is 22.7. The molecule has 1 saturated carbocycles. The molecular weight excluding hydrogens is 472 g/mol. The van der Waals surface area contributed by atoms with Gasteiger partial charge >= 0.3 is 0 Å². The number of pyridine rings is 1. The van der Waals surface area contributed by atoms with Gasteiger partial charge in [-0.05, 0) is 68.0 Å². The Bertz CT molecular complexity index is 1470. The molecule has 0 bridgehead atoms. The van der Waals surface area contributed by atoms with Crippen molar-refractivity contribution in [2.75, 3.05) is 10.6 Å². The van der Waals surface area contributed by atoms with E-state index in [1.54, 1.807) is 11.3 Å². The molecule has 1 aliphatic rings. The van der Waals surface area contributed by atoms with Crippen LogP contribution < -0.4 is 10.6 Å². The predicted octanol–water partition coefficient (Wildman–Crippen LogP) is 5.09. The number of aromatic amines is 1. The monoisotopic (exact) mass is 500 g/mol. The van der Waals surface area contributed by atoms with Crippen molar-refractivity contribution in [1.29, 1.82) is 0 Å². The summed E-state index contributed by atoms with van der Waals surface area (Å²) in [6, 6.07) is 10.7. The summed E-state index contributed by atoms with van der Waals surface area (Å²) < 4.78 is 3.22. The van der Waals surface area contributed by atoms with Crippen LogP contribution in [0.2, 0.25) is 0 Å². The van der Waals surface area contributed by atoms with Crippen LogP contribution >= 0.6 is 11.3 Å². The van der Waals surface area contributed by atoms with E-state index in [-0.39, 0.29) is 6.10 Å². The van der Waals surface area contributed by atoms with E-state index < -0.39 is 0 Å². The van der Waals surface area contributed by atoms with Gasteiger partial charge in [0.05, 0.1) is 22.5 Å². The molecule has 1 fully saturated rings. The zero-order chi connectivity index (χ0) is 24.5. The van der Waals surface area contributed by atoms with Gasteiger partial charge in [0, 0.05) is 36.7 Å². The van der Waals surface area contributed by atoms with Crippen LogP contribution in [0.25, 0.3) is 21.3 Å². The van der Waals surface area contributed by atoms with Gasteiger partial charge in [-0.3, -0.25) is 5.10 Å². The number of aryl methyl sites for hydroxylation is 1. The summed E-state index contributed by atoms with van der Waals surface area (Å²) in [5, 5.41) is 24.6. The van der Waals surface area contributed by atoms with Crippen molar-refractivity contribution in [2.45, 2.75) is 51.3 Å². The first-order valence-corrected chi connectivity index (χ1v) is 13.0. The normalized spacial score (nSPS) is 17.9. The second-order valence-electron chi connectivity index (χ2n) is 9.31. The van der Waals surface area contributed by atoms with Crippen LogP contribution in [-0.4, -0.2) is 47.0 Å². The van der Waals surface area contributed by atoms with E-state index in [0.717, 1.165) is 75.2 Å². The fourth-order valence-corrected chi connectivity index (χ4v) is 5.60. The van der Waals surface area contributed by atoms with Crippen LogP contribution in [0.15, 0.2) is 55.1 Å². The average Bonchev–Trinajstić information content (AvgIpc) is 3.62. The van der Waals surface area contributed by atoms with Crippen LogP contribution in [0.5, 0.6) is 0 Å². The number of nitrogens with zero attached hydrogens (tertiary/aromatic N) is 5. The number of hydrogen-bond acceptors (Lipinski definition) is 8. The molecule has 0 saturated heterocycles. The molecule has 0 amide bonds. The van der Waals surface area contributed by atoms with Crippen molar-refractivity contribution < 1.29 is 5.11 Å². The highest BCUT2D eigenvalue weighted by molar-refractivity contribution is 7.22. The van der Waals surface area contributed by atoms with Gasteiger partial charge < -0.3 is 20.3 Å². The summed E-state index contributed by atoms with van der Waals surface area (Å²) in [6.07, 6.45) is 10.9. The van der Waals surface area contributed by atoms with E-state index in [1.807, 2.05) is 37.8 Å². The Hall–Kier alpha value is -3.76. The summed E-state index contributed by atoms with van der Waals surface area (Å²) >= 11 is 1.60. The van der Waals surface area contributed by atoms with Crippen LogP contribution in [0, 0.1) is 6.92 Å². The van der Waals surface area contributed by atoms with Crippen molar-refractivity contribution in [3.05, 3.63) is 66.5 Å². The SMILES string of the molecule is Cc1nccn1Cc1cc(Nc2nc3ccc(-c4cn[nH]c4)cc3s2)nc(N[C@H]2CC[C@H](O)CC2)c1. The maximum atomic E-state index is 9.87. The summed E-state index contributed by atoms with van der Waals surface area (Å²) in [5.41, 5.74) is 4.22. The number of imidazole rings is 1. The number of anilines is 3. The molecule has 4 heterocycles. The number of hydrogen-bond donors (Lipinski definition) is 4. The standard InChI is InChI=1S/C26H28N8OS/c1-16-27-8-9-34(16)15-17-10-24(30-20-3-5-21(35)6-4-20)32-25(11-17)33-26-31-22-7-2-18(12-23(22)36-26)19-13-28-29-14-19/h2,7-14,20-21,35H,3-6,15H2,1H3,(H,28,29)(H2,30,31,32,33)/t20-,21-. The van der Waals surface area contributed by atoms with Crippen molar-refractivity contribution in [3.8, 4) is 11.1 Å². The van der Waals surface area contributed by atoms with Crippen LogP contribution in [-0.2, 0) is 6.54 Å². The Kier molecular flexibility index (Phi) is 6.12. The minimum Gasteiger partial charge on any atom is -0.393 e. The molecule has 10 heteroatoms. The Morgan fingerprint density at radius 1 is 1.08 bits per heavy atom. The smallest absolute Gasteiger partial charge is 0.189 e. The van der Waals surface area contributed by atoms with Gasteiger partial charge in [-0.15, -0.1) is 0 Å². The number of H-pyrrole nitrogens is 1. The molecule has 1 aliphatic carbocycles. The first-order valence-electron chi connectivity index (χ1n) is 12.2. The molecule has 0 aliphatic heterocycles. The van der Waals surface area contributed by atoms with Crippen molar-refractivity contribution in [3.63, 3.8) is 0 Å². The van der Waals surface area contributed by atoms with Gasteiger partial charge in [-0.2, -0.15) is 5.10 Å². The number of aliphatic hydroxyl groups excluding tert-OH is 1. The minimum absolute atomic E-state index is 0.183. The predicted molar refractivity (Wildman–Crippen MR) is 143 cm³/mol. The molecule has 1 aromatic carbocycles. The van der Waals surface area contributed by atoms with E-state index in [4.69, 9.17) is 9.97 Å². The Morgan fingerprint density at radius 2 is 1.94 bits per heavy atom. The van der Waals surface area contributed by atoms with Gasteiger partial charge in [-0.1, -0.05) is 17.4 Å². The summed E-state index contributed by atoms with van der Waals surface area (Å²) in [5.74, 6) is 2.55. The Balaban J connectivity index is 1.28. The molecule has 9 nitrogen and oxygen atoms in total. The lowest BCUT2D eigenvalue weighted by molar-refractivity contribution is 0.126. The molecule has 0 unspecified atom stereocenters. The lowest BCUT2D eigenvalue weighted by Crippen LogP contribution is -2.28. The second-order valence-corrected chi connectivity index (χ2v) is 10.3. The van der Waals surface area contributed by atoms with Crippen molar-refractivity contribution in [2.24, 2.45) is 0 Å². The summed E-state index contributed by atoms with van der Waals surface area (Å²) in [4.78, 5) is 14.0. The first-order chi connectivity index (χ1) is 17.6. The molecule has 0 spiro atoms. The molecular formula is C26H28N8OS. The van der Waals surface area contributed by atoms with Crippen LogP contribution in [0.4, 0.5) is 16.8 Å². The molecule has 5 aromatic rings. The Labute approximate surface area is 212 Å². The largest absolute Gasteiger partial charge is 0.393 e. The van der Waals surface area contributed by atoms with E-state index >= 15 is 0 Å². The zero-order valence-corrected chi connectivity index (χ0v) is 20.8. The third-order valence-electron chi connectivity index (χ3n) is 6.67. The molecule has 6 rings (SSSR count). The lowest BCUT2D eigenvalue weighted by atomic mass is 9.93. The molecule has 0 radical (unpaired) electrons. The number of rotatable bonds is 7. The average molecular weight is 501 g/mol. The third-order valence-corrected chi connectivity index (χ3v) is 7.60. The van der Waals surface area contributed by atoms with Crippen molar-refractivity contribution in [1.82, 2.24) is 29.7 Å². The third kappa shape index (κ3) is 4.95. The fourth-order valence-electron chi connectivity index (χ4n) is 4.69. The summed E-state index contributed by atoms with van der Waals surface area (Å²) in [7, 11) is 0. The van der Waals surface area contributed by atoms with Gasteiger partial charge in [0.2, 0.25) is 0 Å². The minimum atomic E-state index is -0.183. The quantitative estimate of drug-likeness (QED) is 0.246. The number of nitrogens with one attached hydrogen (secondary N) is 3. The van der Waals surface area contributed by atoms with Gasteiger partial charge in [-0.25, -0.2) is 15.0 Å². The molecule has 4 N–H and O–H groups in total. The number of benzene rings is 1. The maximum Gasteiger partial charge on any atom is 0.189 e. The van der Waals surface area contributed by atoms with Gasteiger partial charge in [0.1, 0.15) is 17.5 Å². The van der Waals surface area contributed by atoms with Gasteiger partial charge in [0.15, 0.2) is 5.13 Å². The highest BCUT2D eigenvalue weighted by atomic mass is 32.1. The maximum absolute atomic E-state index is 9.87. The van der Waals surface area contributed by atoms with Gasteiger partial charge in [0.25, 0.3) is 0 Å². The highest BCUT2D eigenvalue weighted by Gasteiger charge is 2.20.